The average Bonchev–Trinajstić information content (AvgIpc) is 2.81. The van der Waals surface area contributed by atoms with Crippen molar-refractivity contribution in [1.82, 2.24) is 4.98 Å². The van der Waals surface area contributed by atoms with Crippen LogP contribution in [-0.2, 0) is 19.2 Å². The Labute approximate surface area is 211 Å². The first-order chi connectivity index (χ1) is 17.3. The molecule has 7 nitrogen and oxygen atoms in total. The number of aromatic nitrogens is 1. The number of hydrogen-bond donors (Lipinski definition) is 2. The highest BCUT2D eigenvalue weighted by atomic mass is 16.2. The van der Waals surface area contributed by atoms with Crippen LogP contribution in [0, 0.1) is 46.3 Å². The molecule has 1 heterocycles. The number of hydrogen-bond acceptors (Lipinski definition) is 5. The second kappa shape index (κ2) is 7.96. The fourth-order valence-electron chi connectivity index (χ4n) is 10.2. The smallest absolute Gasteiger partial charge is 0.293 e. The first-order valence-corrected chi connectivity index (χ1v) is 14.0. The normalized spacial score (nSPS) is 41.2. The van der Waals surface area contributed by atoms with E-state index in [0.717, 1.165) is 38.5 Å². The zero-order valence-corrected chi connectivity index (χ0v) is 20.8. The largest absolute Gasteiger partial charge is 0.304 e. The Bertz CT molecular complexity index is 1000. The van der Waals surface area contributed by atoms with Crippen molar-refractivity contribution >= 4 is 35.0 Å². The van der Waals surface area contributed by atoms with Crippen LogP contribution in [0.5, 0.6) is 0 Å². The van der Waals surface area contributed by atoms with Gasteiger partial charge in [0.15, 0.2) is 0 Å². The van der Waals surface area contributed by atoms with E-state index in [1.807, 2.05) is 0 Å². The number of rotatable bonds is 6. The summed E-state index contributed by atoms with van der Waals surface area (Å²) in [4.78, 5) is 56.9. The average molecular weight is 490 g/mol. The fourth-order valence-corrected chi connectivity index (χ4v) is 10.2. The van der Waals surface area contributed by atoms with Gasteiger partial charge < -0.3 is 10.6 Å². The molecule has 0 radical (unpaired) electrons. The van der Waals surface area contributed by atoms with Crippen LogP contribution in [0.15, 0.2) is 18.2 Å². The lowest BCUT2D eigenvalue weighted by Gasteiger charge is -2.55. The molecule has 36 heavy (non-hydrogen) atoms. The minimum absolute atomic E-state index is 0.220. The van der Waals surface area contributed by atoms with Gasteiger partial charge in [-0.05, 0) is 125 Å². The van der Waals surface area contributed by atoms with Crippen LogP contribution < -0.4 is 10.6 Å². The van der Waals surface area contributed by atoms with Gasteiger partial charge in [-0.1, -0.05) is 6.07 Å². The second-order valence-corrected chi connectivity index (χ2v) is 13.4. The summed E-state index contributed by atoms with van der Waals surface area (Å²) >= 11 is 0. The summed E-state index contributed by atoms with van der Waals surface area (Å²) in [6.45, 7) is 0. The van der Waals surface area contributed by atoms with Crippen LogP contribution >= 0.6 is 0 Å². The van der Waals surface area contributed by atoms with Gasteiger partial charge in [-0.2, -0.15) is 0 Å². The maximum Gasteiger partial charge on any atom is 0.293 e. The lowest BCUT2D eigenvalue weighted by Crippen LogP contribution is -2.52. The van der Waals surface area contributed by atoms with Gasteiger partial charge in [0.1, 0.15) is 11.6 Å². The molecule has 0 unspecified atom stereocenters. The van der Waals surface area contributed by atoms with E-state index in [9.17, 15) is 19.2 Å². The summed E-state index contributed by atoms with van der Waals surface area (Å²) in [5, 5.41) is 5.36. The Morgan fingerprint density at radius 2 is 0.889 bits per heavy atom. The number of Topliss-reactive ketones (excluding diaryl/α,β-unsaturated/α-hetero) is 2. The molecule has 8 bridgehead atoms. The van der Waals surface area contributed by atoms with Crippen molar-refractivity contribution in [3.8, 4) is 0 Å². The molecule has 1 aromatic rings. The molecule has 8 aliphatic carbocycles. The van der Waals surface area contributed by atoms with Gasteiger partial charge in [-0.25, -0.2) is 4.98 Å². The summed E-state index contributed by atoms with van der Waals surface area (Å²) in [6, 6.07) is 4.89. The summed E-state index contributed by atoms with van der Waals surface area (Å²) < 4.78 is 0. The standard InChI is InChI=1S/C29H35N3O4/c33-24(28-10-16-4-17(11-28)6-18(5-16)12-28)26(35)31-22-2-1-3-23(30-22)32-27(36)25(34)29-13-19-7-20(14-29)9-21(8-19)15-29/h1-3,16-21H,4-15H2,(H2,30,31,32,35,36). The fraction of sp³-hybridized carbons (Fsp3) is 0.690. The van der Waals surface area contributed by atoms with Crippen LogP contribution in [0.4, 0.5) is 11.6 Å². The molecule has 1 aromatic heterocycles. The molecule has 9 rings (SSSR count). The first kappa shape index (κ1) is 22.6. The molecule has 0 aliphatic heterocycles. The van der Waals surface area contributed by atoms with E-state index >= 15 is 0 Å². The number of nitrogens with zero attached hydrogens (tertiary/aromatic N) is 1. The number of ketones is 2. The van der Waals surface area contributed by atoms with E-state index < -0.39 is 22.6 Å². The highest BCUT2D eigenvalue weighted by Crippen LogP contribution is 2.61. The molecule has 0 aromatic carbocycles. The topological polar surface area (TPSA) is 105 Å². The second-order valence-electron chi connectivity index (χ2n) is 13.4. The highest BCUT2D eigenvalue weighted by Gasteiger charge is 2.57. The van der Waals surface area contributed by atoms with Gasteiger partial charge in [0.2, 0.25) is 11.6 Å². The quantitative estimate of drug-likeness (QED) is 0.571. The van der Waals surface area contributed by atoms with Crippen LogP contribution in [0.1, 0.15) is 77.0 Å². The van der Waals surface area contributed by atoms with Gasteiger partial charge in [0.25, 0.3) is 11.8 Å². The van der Waals surface area contributed by atoms with E-state index in [2.05, 4.69) is 15.6 Å². The summed E-state index contributed by atoms with van der Waals surface area (Å²) in [7, 11) is 0. The SMILES string of the molecule is O=C(Nc1cccc(NC(=O)C(=O)C23CC4CC(CC(C4)C2)C3)n1)C(=O)C12CC3CC(CC(C3)C1)C2. The molecule has 190 valence electrons. The summed E-state index contributed by atoms with van der Waals surface area (Å²) in [6.07, 6.45) is 12.3. The molecule has 2 amide bonds. The molecular formula is C29H35N3O4. The number of anilines is 2. The van der Waals surface area contributed by atoms with Gasteiger partial charge in [0, 0.05) is 10.8 Å². The molecule has 0 atom stereocenters. The third-order valence-electron chi connectivity index (χ3n) is 10.7. The highest BCUT2D eigenvalue weighted by molar-refractivity contribution is 6.43. The Morgan fingerprint density at radius 1 is 0.583 bits per heavy atom. The lowest BCUT2D eigenvalue weighted by atomic mass is 9.48. The Balaban J connectivity index is 1.02. The molecule has 2 N–H and O–H groups in total. The third-order valence-corrected chi connectivity index (χ3v) is 10.7. The first-order valence-electron chi connectivity index (χ1n) is 14.0. The van der Waals surface area contributed by atoms with Crippen LogP contribution in [0.2, 0.25) is 0 Å². The maximum absolute atomic E-state index is 13.3. The number of pyridine rings is 1. The number of nitrogens with one attached hydrogen (secondary N) is 2. The monoisotopic (exact) mass is 489 g/mol. The zero-order valence-electron chi connectivity index (χ0n) is 20.8. The number of carbonyl (C=O) groups is 4. The van der Waals surface area contributed by atoms with Crippen molar-refractivity contribution < 1.29 is 19.2 Å². The molecule has 0 spiro atoms. The lowest BCUT2D eigenvalue weighted by molar-refractivity contribution is -0.151. The van der Waals surface area contributed by atoms with Crippen molar-refractivity contribution in [2.45, 2.75) is 77.0 Å². The van der Waals surface area contributed by atoms with Crippen molar-refractivity contribution in [2.24, 2.45) is 46.3 Å². The Kier molecular flexibility index (Phi) is 5.00. The van der Waals surface area contributed by atoms with Crippen molar-refractivity contribution in [3.05, 3.63) is 18.2 Å². The summed E-state index contributed by atoms with van der Waals surface area (Å²) in [5.41, 5.74) is -1.01. The Hall–Kier alpha value is -2.57. The zero-order chi connectivity index (χ0) is 24.7. The minimum atomic E-state index is -0.613. The minimum Gasteiger partial charge on any atom is -0.304 e. The van der Waals surface area contributed by atoms with Crippen molar-refractivity contribution in [3.63, 3.8) is 0 Å². The molecule has 0 saturated heterocycles. The van der Waals surface area contributed by atoms with Crippen LogP contribution in [0.25, 0.3) is 0 Å². The van der Waals surface area contributed by atoms with Crippen LogP contribution in [0.3, 0.4) is 0 Å². The van der Waals surface area contributed by atoms with Gasteiger partial charge in [-0.3, -0.25) is 19.2 Å². The number of carbonyl (C=O) groups excluding carboxylic acids is 4. The molecule has 8 fully saturated rings. The Morgan fingerprint density at radius 3 is 1.19 bits per heavy atom. The van der Waals surface area contributed by atoms with Crippen LogP contribution in [-0.4, -0.2) is 28.4 Å². The van der Waals surface area contributed by atoms with E-state index in [0.29, 0.717) is 35.5 Å². The molecule has 8 aliphatic rings. The number of amides is 2. The molecule has 8 saturated carbocycles. The van der Waals surface area contributed by atoms with Gasteiger partial charge in [0.05, 0.1) is 0 Å². The van der Waals surface area contributed by atoms with E-state index in [-0.39, 0.29) is 23.2 Å². The predicted octanol–water partition coefficient (Wildman–Crippen LogP) is 4.53. The summed E-state index contributed by atoms with van der Waals surface area (Å²) in [5.74, 6) is 2.07. The molecule has 7 heteroatoms. The van der Waals surface area contributed by atoms with E-state index in [1.54, 1.807) is 18.2 Å². The van der Waals surface area contributed by atoms with E-state index in [4.69, 9.17) is 0 Å². The van der Waals surface area contributed by atoms with Gasteiger partial charge in [-0.15, -0.1) is 0 Å². The predicted molar refractivity (Wildman–Crippen MR) is 133 cm³/mol. The van der Waals surface area contributed by atoms with E-state index in [1.165, 1.54) is 38.5 Å². The molecular weight excluding hydrogens is 454 g/mol. The van der Waals surface area contributed by atoms with Crippen molar-refractivity contribution in [2.75, 3.05) is 10.6 Å². The van der Waals surface area contributed by atoms with Gasteiger partial charge >= 0.3 is 0 Å². The maximum atomic E-state index is 13.3. The third kappa shape index (κ3) is 3.64. The van der Waals surface area contributed by atoms with Crippen molar-refractivity contribution in [1.29, 1.82) is 0 Å².